The Kier molecular flexibility index (Phi) is 3.91. The summed E-state index contributed by atoms with van der Waals surface area (Å²) in [6, 6.07) is 6.02. The van der Waals surface area contributed by atoms with Gasteiger partial charge in [0.1, 0.15) is 17.9 Å². The third kappa shape index (κ3) is 3.04. The molecule has 0 unspecified atom stereocenters. The maximum Gasteiger partial charge on any atom is 0.222 e. The maximum atomic E-state index is 12.9. The first kappa shape index (κ1) is 13.0. The molecule has 2 rings (SSSR count). The highest BCUT2D eigenvalue weighted by Crippen LogP contribution is 2.29. The maximum absolute atomic E-state index is 12.9. The van der Waals surface area contributed by atoms with Crippen LogP contribution in [0.5, 0.6) is 11.6 Å². The normalized spacial score (nSPS) is 10.7. The molecule has 1 heterocycles. The van der Waals surface area contributed by atoms with Gasteiger partial charge in [-0.05, 0) is 40.0 Å². The fraction of sp³-hybridized carbons (Fsp3) is 0.231. The van der Waals surface area contributed by atoms with Gasteiger partial charge in [0.05, 0.1) is 10.2 Å². The number of nitrogens with zero attached hydrogens (tertiary/aromatic N) is 2. The molecule has 0 N–H and O–H groups in total. The lowest BCUT2D eigenvalue weighted by atomic mass is 10.1. The van der Waals surface area contributed by atoms with E-state index in [-0.39, 0.29) is 5.82 Å². The molecule has 0 aliphatic carbocycles. The number of ether oxygens (including phenoxy) is 1. The summed E-state index contributed by atoms with van der Waals surface area (Å²) in [4.78, 5) is 8.19. The summed E-state index contributed by atoms with van der Waals surface area (Å²) in [5.41, 5.74) is 0.901. The van der Waals surface area contributed by atoms with Gasteiger partial charge in [-0.2, -0.15) is 0 Å². The molecule has 0 saturated carbocycles. The smallest absolute Gasteiger partial charge is 0.222 e. The van der Waals surface area contributed by atoms with Gasteiger partial charge >= 0.3 is 0 Å². The molecule has 0 amide bonds. The summed E-state index contributed by atoms with van der Waals surface area (Å²) in [5.74, 6) is 0.942. The van der Waals surface area contributed by atoms with Crippen LogP contribution in [0.2, 0.25) is 0 Å². The monoisotopic (exact) mass is 310 g/mol. The standard InChI is InChI=1S/C13H12BrFN2O/c1-8(2)11-6-13(17-7-16-11)18-12-4-3-9(15)5-10(12)14/h3-8H,1-2H3. The Morgan fingerprint density at radius 1 is 1.22 bits per heavy atom. The molecule has 1 aromatic heterocycles. The highest BCUT2D eigenvalue weighted by molar-refractivity contribution is 9.10. The molecule has 2 aromatic rings. The third-order valence-electron chi connectivity index (χ3n) is 2.36. The van der Waals surface area contributed by atoms with E-state index in [2.05, 4.69) is 25.9 Å². The van der Waals surface area contributed by atoms with Crippen molar-refractivity contribution in [1.29, 1.82) is 0 Å². The second kappa shape index (κ2) is 5.44. The lowest BCUT2D eigenvalue weighted by Gasteiger charge is -2.09. The number of aromatic nitrogens is 2. The summed E-state index contributed by atoms with van der Waals surface area (Å²) >= 11 is 3.24. The SMILES string of the molecule is CC(C)c1cc(Oc2ccc(F)cc2Br)ncn1. The minimum Gasteiger partial charge on any atom is -0.438 e. The van der Waals surface area contributed by atoms with E-state index in [0.29, 0.717) is 22.0 Å². The summed E-state index contributed by atoms with van der Waals surface area (Å²) in [6.45, 7) is 4.08. The van der Waals surface area contributed by atoms with Crippen LogP contribution in [-0.2, 0) is 0 Å². The second-order valence-electron chi connectivity index (χ2n) is 4.11. The zero-order valence-electron chi connectivity index (χ0n) is 10.0. The summed E-state index contributed by atoms with van der Waals surface area (Å²) in [7, 11) is 0. The first-order chi connectivity index (χ1) is 8.56. The molecule has 5 heteroatoms. The van der Waals surface area contributed by atoms with Crippen LogP contribution in [0.4, 0.5) is 4.39 Å². The average Bonchev–Trinajstić information content (AvgIpc) is 2.33. The van der Waals surface area contributed by atoms with Crippen molar-refractivity contribution in [2.45, 2.75) is 19.8 Å². The van der Waals surface area contributed by atoms with Crippen molar-refractivity contribution in [3.05, 3.63) is 46.6 Å². The Morgan fingerprint density at radius 3 is 2.67 bits per heavy atom. The lowest BCUT2D eigenvalue weighted by molar-refractivity contribution is 0.455. The van der Waals surface area contributed by atoms with E-state index in [4.69, 9.17) is 4.74 Å². The lowest BCUT2D eigenvalue weighted by Crippen LogP contribution is -1.96. The van der Waals surface area contributed by atoms with E-state index < -0.39 is 0 Å². The van der Waals surface area contributed by atoms with Gasteiger partial charge in [0, 0.05) is 6.07 Å². The average molecular weight is 311 g/mol. The zero-order valence-corrected chi connectivity index (χ0v) is 11.6. The number of hydrogen-bond donors (Lipinski definition) is 0. The van der Waals surface area contributed by atoms with Crippen LogP contribution < -0.4 is 4.74 Å². The summed E-state index contributed by atoms with van der Waals surface area (Å²) in [6.07, 6.45) is 1.46. The van der Waals surface area contributed by atoms with Crippen molar-refractivity contribution < 1.29 is 9.13 Å². The van der Waals surface area contributed by atoms with E-state index in [0.717, 1.165) is 5.69 Å². The highest BCUT2D eigenvalue weighted by atomic mass is 79.9. The second-order valence-corrected chi connectivity index (χ2v) is 4.97. The molecule has 0 spiro atoms. The van der Waals surface area contributed by atoms with E-state index in [1.807, 2.05) is 13.8 Å². The Hall–Kier alpha value is -1.49. The molecular formula is C13H12BrFN2O. The Labute approximate surface area is 113 Å². The van der Waals surface area contributed by atoms with Gasteiger partial charge in [0.2, 0.25) is 5.88 Å². The van der Waals surface area contributed by atoms with Crippen molar-refractivity contribution >= 4 is 15.9 Å². The van der Waals surface area contributed by atoms with Crippen molar-refractivity contribution in [1.82, 2.24) is 9.97 Å². The fourth-order valence-electron chi connectivity index (χ4n) is 1.40. The Balaban J connectivity index is 2.25. The molecule has 0 fully saturated rings. The third-order valence-corrected chi connectivity index (χ3v) is 2.98. The quantitative estimate of drug-likeness (QED) is 0.848. The molecule has 0 bridgehead atoms. The van der Waals surface area contributed by atoms with Gasteiger partial charge < -0.3 is 4.74 Å². The van der Waals surface area contributed by atoms with Crippen LogP contribution in [0.3, 0.4) is 0 Å². The predicted molar refractivity (Wildman–Crippen MR) is 70.3 cm³/mol. The largest absolute Gasteiger partial charge is 0.438 e. The Bertz CT molecular complexity index is 560. The molecule has 3 nitrogen and oxygen atoms in total. The molecule has 94 valence electrons. The molecule has 0 aliphatic heterocycles. The van der Waals surface area contributed by atoms with Crippen LogP contribution >= 0.6 is 15.9 Å². The van der Waals surface area contributed by atoms with Gasteiger partial charge in [-0.25, -0.2) is 14.4 Å². The molecule has 18 heavy (non-hydrogen) atoms. The first-order valence-electron chi connectivity index (χ1n) is 5.51. The molecule has 1 aromatic carbocycles. The van der Waals surface area contributed by atoms with Crippen molar-refractivity contribution in [3.8, 4) is 11.6 Å². The van der Waals surface area contributed by atoms with E-state index in [1.54, 1.807) is 12.1 Å². The van der Waals surface area contributed by atoms with Crippen molar-refractivity contribution in [3.63, 3.8) is 0 Å². The minimum atomic E-state index is -0.320. The fourth-order valence-corrected chi connectivity index (χ4v) is 1.83. The van der Waals surface area contributed by atoms with Crippen LogP contribution in [0, 0.1) is 5.82 Å². The molecule has 0 aliphatic rings. The van der Waals surface area contributed by atoms with E-state index in [1.165, 1.54) is 18.5 Å². The molecule has 0 atom stereocenters. The molecule has 0 radical (unpaired) electrons. The van der Waals surface area contributed by atoms with Crippen LogP contribution in [0.15, 0.2) is 35.1 Å². The number of benzene rings is 1. The van der Waals surface area contributed by atoms with Gasteiger partial charge in [0.25, 0.3) is 0 Å². The van der Waals surface area contributed by atoms with Crippen LogP contribution in [-0.4, -0.2) is 9.97 Å². The van der Waals surface area contributed by atoms with Gasteiger partial charge in [-0.3, -0.25) is 0 Å². The number of rotatable bonds is 3. The van der Waals surface area contributed by atoms with Gasteiger partial charge in [-0.1, -0.05) is 13.8 Å². The summed E-state index contributed by atoms with van der Waals surface area (Å²) in [5, 5.41) is 0. The van der Waals surface area contributed by atoms with Crippen LogP contribution in [0.25, 0.3) is 0 Å². The first-order valence-corrected chi connectivity index (χ1v) is 6.30. The topological polar surface area (TPSA) is 35.0 Å². The zero-order chi connectivity index (χ0) is 13.1. The molecular weight excluding hydrogens is 299 g/mol. The van der Waals surface area contributed by atoms with E-state index in [9.17, 15) is 4.39 Å². The van der Waals surface area contributed by atoms with Crippen molar-refractivity contribution in [2.75, 3.05) is 0 Å². The number of halogens is 2. The minimum absolute atomic E-state index is 0.298. The van der Waals surface area contributed by atoms with Crippen LogP contribution in [0.1, 0.15) is 25.5 Å². The van der Waals surface area contributed by atoms with Crippen molar-refractivity contribution in [2.24, 2.45) is 0 Å². The number of hydrogen-bond acceptors (Lipinski definition) is 3. The van der Waals surface area contributed by atoms with E-state index >= 15 is 0 Å². The Morgan fingerprint density at radius 2 is 2.00 bits per heavy atom. The molecule has 0 saturated heterocycles. The predicted octanol–water partition coefficient (Wildman–Crippen LogP) is 4.29. The summed E-state index contributed by atoms with van der Waals surface area (Å²) < 4.78 is 19.1. The van der Waals surface area contributed by atoms with Gasteiger partial charge in [-0.15, -0.1) is 0 Å². The van der Waals surface area contributed by atoms with Gasteiger partial charge in [0.15, 0.2) is 0 Å². The highest BCUT2D eigenvalue weighted by Gasteiger charge is 2.07.